The SMILES string of the molecule is CC(C)(C)NC(=O)C(c1ccccc1O)N(CCO)C(=O)C(Cc1ccc(O)cc1)NC(=O)OC(C)(C)C. The molecule has 10 nitrogen and oxygen atoms in total. The Kier molecular flexibility index (Phi) is 10.1. The van der Waals surface area contributed by atoms with Crippen LogP contribution in [0, 0.1) is 0 Å². The Morgan fingerprint density at radius 3 is 2.08 bits per heavy atom. The van der Waals surface area contributed by atoms with Crippen LogP contribution in [0.4, 0.5) is 4.79 Å². The molecule has 208 valence electrons. The van der Waals surface area contributed by atoms with Crippen LogP contribution in [0.1, 0.15) is 58.7 Å². The van der Waals surface area contributed by atoms with Crippen molar-refractivity contribution in [2.45, 2.75) is 71.2 Å². The molecule has 0 saturated carbocycles. The number of amides is 3. The van der Waals surface area contributed by atoms with E-state index in [4.69, 9.17) is 4.74 Å². The molecule has 2 rings (SSSR count). The van der Waals surface area contributed by atoms with Crippen LogP contribution < -0.4 is 10.6 Å². The fourth-order valence-corrected chi connectivity index (χ4v) is 3.80. The van der Waals surface area contributed by atoms with Gasteiger partial charge in [-0.05, 0) is 65.3 Å². The van der Waals surface area contributed by atoms with Crippen LogP contribution in [0.2, 0.25) is 0 Å². The lowest BCUT2D eigenvalue weighted by atomic mass is 9.98. The van der Waals surface area contributed by atoms with Crippen molar-refractivity contribution in [3.8, 4) is 11.5 Å². The lowest BCUT2D eigenvalue weighted by Gasteiger charge is -2.36. The molecule has 0 saturated heterocycles. The number of nitrogens with one attached hydrogen (secondary N) is 2. The Morgan fingerprint density at radius 2 is 1.55 bits per heavy atom. The van der Waals surface area contributed by atoms with Gasteiger partial charge in [0.1, 0.15) is 29.2 Å². The molecule has 5 N–H and O–H groups in total. The molecular formula is C28H39N3O7. The van der Waals surface area contributed by atoms with E-state index in [0.29, 0.717) is 5.56 Å². The van der Waals surface area contributed by atoms with E-state index in [-0.39, 0.29) is 30.0 Å². The van der Waals surface area contributed by atoms with Crippen molar-refractivity contribution in [2.24, 2.45) is 0 Å². The van der Waals surface area contributed by atoms with Gasteiger partial charge < -0.3 is 35.6 Å². The number of nitrogens with zero attached hydrogens (tertiary/aromatic N) is 1. The summed E-state index contributed by atoms with van der Waals surface area (Å²) in [6.45, 7) is 9.67. The molecule has 2 atom stereocenters. The third-order valence-corrected chi connectivity index (χ3v) is 5.28. The summed E-state index contributed by atoms with van der Waals surface area (Å²) >= 11 is 0. The van der Waals surface area contributed by atoms with Crippen molar-refractivity contribution in [1.82, 2.24) is 15.5 Å². The molecule has 0 radical (unpaired) electrons. The number of hydrogen-bond donors (Lipinski definition) is 5. The highest BCUT2D eigenvalue weighted by Gasteiger charge is 2.38. The van der Waals surface area contributed by atoms with Gasteiger partial charge in [0.05, 0.1) is 6.61 Å². The summed E-state index contributed by atoms with van der Waals surface area (Å²) in [5, 5.41) is 35.6. The van der Waals surface area contributed by atoms with Gasteiger partial charge in [-0.15, -0.1) is 0 Å². The van der Waals surface area contributed by atoms with Gasteiger partial charge in [0.2, 0.25) is 11.8 Å². The lowest BCUT2D eigenvalue weighted by Crippen LogP contribution is -2.55. The average molecular weight is 530 g/mol. The number of carbonyl (C=O) groups is 3. The monoisotopic (exact) mass is 529 g/mol. The van der Waals surface area contributed by atoms with E-state index in [1.54, 1.807) is 65.8 Å². The molecule has 0 aromatic heterocycles. The Hall–Kier alpha value is -3.79. The molecule has 3 amide bonds. The molecule has 0 spiro atoms. The van der Waals surface area contributed by atoms with Gasteiger partial charge in [-0.25, -0.2) is 4.79 Å². The molecule has 2 unspecified atom stereocenters. The normalized spacial score (nSPS) is 13.2. The minimum atomic E-state index is -1.31. The van der Waals surface area contributed by atoms with Gasteiger partial charge >= 0.3 is 6.09 Å². The maximum Gasteiger partial charge on any atom is 0.408 e. The molecule has 0 bridgehead atoms. The van der Waals surface area contributed by atoms with Crippen LogP contribution in [0.15, 0.2) is 48.5 Å². The summed E-state index contributed by atoms with van der Waals surface area (Å²) in [5.41, 5.74) is -0.698. The second-order valence-electron chi connectivity index (χ2n) is 11.0. The third kappa shape index (κ3) is 9.26. The van der Waals surface area contributed by atoms with Crippen LogP contribution in [0.5, 0.6) is 11.5 Å². The van der Waals surface area contributed by atoms with E-state index in [0.717, 1.165) is 4.90 Å². The standard InChI is InChI=1S/C28H39N3O7/c1-27(2,3)30-24(35)23(20-9-7-8-10-22(20)34)31(15-16-32)25(36)21(29-26(37)38-28(4,5)6)17-18-11-13-19(33)14-12-18/h7-14,21,23,32-34H,15-17H2,1-6H3,(H,29,37)(H,30,35). The average Bonchev–Trinajstić information content (AvgIpc) is 2.78. The van der Waals surface area contributed by atoms with E-state index in [1.165, 1.54) is 24.3 Å². The largest absolute Gasteiger partial charge is 0.508 e. The number of phenols is 2. The Labute approximate surface area is 223 Å². The van der Waals surface area contributed by atoms with E-state index in [9.17, 15) is 29.7 Å². The summed E-state index contributed by atoms with van der Waals surface area (Å²) in [6, 6.07) is 9.76. The minimum absolute atomic E-state index is 0.00860. The molecule has 10 heteroatoms. The predicted molar refractivity (Wildman–Crippen MR) is 143 cm³/mol. The maximum atomic E-state index is 14.0. The molecule has 0 aliphatic rings. The zero-order chi connectivity index (χ0) is 28.7. The molecule has 2 aromatic rings. The molecule has 38 heavy (non-hydrogen) atoms. The van der Waals surface area contributed by atoms with Gasteiger partial charge in [0, 0.05) is 24.1 Å². The van der Waals surface area contributed by atoms with Gasteiger partial charge in [-0.2, -0.15) is 0 Å². The summed E-state index contributed by atoms with van der Waals surface area (Å²) in [7, 11) is 0. The number of rotatable bonds is 9. The number of aromatic hydroxyl groups is 2. The van der Waals surface area contributed by atoms with Crippen LogP contribution in [0.25, 0.3) is 0 Å². The van der Waals surface area contributed by atoms with Crippen LogP contribution in [-0.4, -0.2) is 68.5 Å². The highest BCUT2D eigenvalue weighted by Crippen LogP contribution is 2.30. The van der Waals surface area contributed by atoms with Crippen molar-refractivity contribution in [2.75, 3.05) is 13.2 Å². The zero-order valence-corrected chi connectivity index (χ0v) is 22.8. The number of aliphatic hydroxyl groups excluding tert-OH is 1. The van der Waals surface area contributed by atoms with Crippen LogP contribution in [-0.2, 0) is 20.7 Å². The first-order chi connectivity index (χ1) is 17.6. The number of para-hydroxylation sites is 1. The summed E-state index contributed by atoms with van der Waals surface area (Å²) in [5.74, 6) is -1.40. The van der Waals surface area contributed by atoms with Crippen LogP contribution in [0.3, 0.4) is 0 Å². The summed E-state index contributed by atoms with van der Waals surface area (Å²) in [4.78, 5) is 41.4. The molecule has 0 fully saturated rings. The predicted octanol–water partition coefficient (Wildman–Crippen LogP) is 3.01. The Bertz CT molecular complexity index is 1100. The third-order valence-electron chi connectivity index (χ3n) is 5.28. The van der Waals surface area contributed by atoms with Crippen molar-refractivity contribution in [1.29, 1.82) is 0 Å². The van der Waals surface area contributed by atoms with Gasteiger partial charge in [0.25, 0.3) is 0 Å². The number of carbonyl (C=O) groups excluding carboxylic acids is 3. The summed E-state index contributed by atoms with van der Waals surface area (Å²) in [6.07, 6.45) is -0.828. The first-order valence-corrected chi connectivity index (χ1v) is 12.4. The second-order valence-corrected chi connectivity index (χ2v) is 11.0. The van der Waals surface area contributed by atoms with Gasteiger partial charge in [0.15, 0.2) is 0 Å². The van der Waals surface area contributed by atoms with Crippen molar-refractivity contribution in [3.63, 3.8) is 0 Å². The Balaban J connectivity index is 2.55. The highest BCUT2D eigenvalue weighted by molar-refractivity contribution is 5.93. The quantitative estimate of drug-likeness (QED) is 0.335. The number of benzene rings is 2. The van der Waals surface area contributed by atoms with Crippen molar-refractivity contribution in [3.05, 3.63) is 59.7 Å². The van der Waals surface area contributed by atoms with E-state index in [2.05, 4.69) is 10.6 Å². The number of phenolic OH excluding ortho intramolecular Hbond substituents is 2. The molecular weight excluding hydrogens is 490 g/mol. The molecule has 0 aliphatic carbocycles. The number of aliphatic hydroxyl groups is 1. The van der Waals surface area contributed by atoms with E-state index in [1.807, 2.05) is 0 Å². The topological polar surface area (TPSA) is 148 Å². The second kappa shape index (κ2) is 12.6. The minimum Gasteiger partial charge on any atom is -0.508 e. The fourth-order valence-electron chi connectivity index (χ4n) is 3.80. The van der Waals surface area contributed by atoms with E-state index < -0.39 is 47.7 Å². The maximum absolute atomic E-state index is 14.0. The highest BCUT2D eigenvalue weighted by atomic mass is 16.6. The fraction of sp³-hybridized carbons (Fsp3) is 0.464. The van der Waals surface area contributed by atoms with E-state index >= 15 is 0 Å². The van der Waals surface area contributed by atoms with Crippen molar-refractivity contribution >= 4 is 17.9 Å². The van der Waals surface area contributed by atoms with Gasteiger partial charge in [-0.3, -0.25) is 9.59 Å². The zero-order valence-electron chi connectivity index (χ0n) is 22.8. The molecule has 0 heterocycles. The van der Waals surface area contributed by atoms with Gasteiger partial charge in [-0.1, -0.05) is 30.3 Å². The van der Waals surface area contributed by atoms with Crippen LogP contribution >= 0.6 is 0 Å². The van der Waals surface area contributed by atoms with Crippen molar-refractivity contribution < 1.29 is 34.4 Å². The summed E-state index contributed by atoms with van der Waals surface area (Å²) < 4.78 is 5.36. The number of hydrogen-bond acceptors (Lipinski definition) is 7. The number of ether oxygens (including phenoxy) is 1. The molecule has 0 aliphatic heterocycles. The Morgan fingerprint density at radius 1 is 0.947 bits per heavy atom. The smallest absolute Gasteiger partial charge is 0.408 e. The first-order valence-electron chi connectivity index (χ1n) is 12.4. The lowest BCUT2D eigenvalue weighted by molar-refractivity contribution is -0.143. The molecule has 2 aromatic carbocycles. The number of alkyl carbamates (subject to hydrolysis) is 1. The first kappa shape index (κ1) is 30.4.